The third-order valence-electron chi connectivity index (χ3n) is 6.50. The van der Waals surface area contributed by atoms with E-state index in [-0.39, 0.29) is 52.0 Å². The lowest BCUT2D eigenvalue weighted by atomic mass is 9.59. The van der Waals surface area contributed by atoms with Gasteiger partial charge in [-0.25, -0.2) is 0 Å². The van der Waals surface area contributed by atoms with E-state index in [1.165, 1.54) is 13.2 Å². The normalized spacial score (nSPS) is 21.7. The fourth-order valence-corrected chi connectivity index (χ4v) is 4.88. The molecule has 0 radical (unpaired) electrons. The second-order valence-corrected chi connectivity index (χ2v) is 10.2. The fraction of sp³-hybridized carbons (Fsp3) is 0.560. The van der Waals surface area contributed by atoms with E-state index in [1.807, 2.05) is 13.8 Å². The summed E-state index contributed by atoms with van der Waals surface area (Å²) in [4.78, 5) is 39.9. The summed E-state index contributed by atoms with van der Waals surface area (Å²) in [5, 5.41) is 10.7. The van der Waals surface area contributed by atoms with Crippen molar-refractivity contribution >= 4 is 17.3 Å². The van der Waals surface area contributed by atoms with Crippen molar-refractivity contribution in [2.75, 3.05) is 7.11 Å². The van der Waals surface area contributed by atoms with Gasteiger partial charge in [-0.3, -0.25) is 14.4 Å². The van der Waals surface area contributed by atoms with E-state index < -0.39 is 16.7 Å². The third-order valence-corrected chi connectivity index (χ3v) is 6.50. The monoisotopic (exact) mass is 428 g/mol. The highest BCUT2D eigenvalue weighted by molar-refractivity contribution is 6.20. The lowest BCUT2D eigenvalue weighted by Gasteiger charge is -2.46. The topological polar surface area (TPSA) is 89.9 Å². The number of hydrogen-bond acceptors (Lipinski definition) is 6. The Hall–Kier alpha value is -2.63. The number of rotatable bonds is 4. The van der Waals surface area contributed by atoms with Crippen LogP contribution in [0.3, 0.4) is 0 Å². The summed E-state index contributed by atoms with van der Waals surface area (Å²) >= 11 is 0. The number of benzene rings is 1. The highest BCUT2D eigenvalue weighted by Gasteiger charge is 2.58. The minimum atomic E-state index is -1.20. The molecule has 0 amide bonds. The van der Waals surface area contributed by atoms with Crippen LogP contribution >= 0.6 is 0 Å². The maximum Gasteiger partial charge on any atom is 0.175 e. The number of methoxy groups -OCH3 is 1. The van der Waals surface area contributed by atoms with Gasteiger partial charge in [-0.1, -0.05) is 27.7 Å². The van der Waals surface area contributed by atoms with Gasteiger partial charge in [0, 0.05) is 29.0 Å². The second-order valence-electron chi connectivity index (χ2n) is 10.2. The van der Waals surface area contributed by atoms with Crippen LogP contribution in [0.25, 0.3) is 0 Å². The largest absolute Gasteiger partial charge is 0.507 e. The van der Waals surface area contributed by atoms with Crippen LogP contribution in [0.5, 0.6) is 17.2 Å². The predicted molar refractivity (Wildman–Crippen MR) is 117 cm³/mol. The number of Topliss-reactive ketones (excluding diaryl/α,β-unsaturated/α-hetero) is 3. The van der Waals surface area contributed by atoms with E-state index in [0.717, 1.165) is 0 Å². The quantitative estimate of drug-likeness (QED) is 0.546. The molecule has 2 aliphatic rings. The molecule has 31 heavy (non-hydrogen) atoms. The molecule has 0 saturated carbocycles. The molecule has 0 spiro atoms. The molecule has 168 valence electrons. The number of carbonyl (C=O) groups is 3. The number of carbonyl (C=O) groups excluding carboxylic acids is 3. The Kier molecular flexibility index (Phi) is 5.36. The molecule has 1 aromatic rings. The van der Waals surface area contributed by atoms with Crippen molar-refractivity contribution in [3.8, 4) is 17.2 Å². The molecule has 1 aliphatic carbocycles. The zero-order chi connectivity index (χ0) is 23.6. The van der Waals surface area contributed by atoms with E-state index in [1.54, 1.807) is 41.5 Å². The van der Waals surface area contributed by atoms with Crippen LogP contribution in [0.15, 0.2) is 17.4 Å². The van der Waals surface area contributed by atoms with Crippen LogP contribution in [0.4, 0.5) is 0 Å². The lowest BCUT2D eigenvalue weighted by molar-refractivity contribution is -0.144. The second kappa shape index (κ2) is 7.21. The number of ketones is 3. The Bertz CT molecular complexity index is 1020. The molecule has 1 atom stereocenters. The molecule has 6 nitrogen and oxygen atoms in total. The molecule has 0 fully saturated rings. The van der Waals surface area contributed by atoms with Crippen LogP contribution in [-0.2, 0) is 9.59 Å². The van der Waals surface area contributed by atoms with Gasteiger partial charge in [0.2, 0.25) is 0 Å². The lowest BCUT2D eigenvalue weighted by Crippen LogP contribution is -2.52. The molecule has 3 rings (SSSR count). The molecule has 1 aliphatic heterocycles. The molecule has 0 bridgehead atoms. The van der Waals surface area contributed by atoms with Crippen molar-refractivity contribution in [3.05, 3.63) is 28.5 Å². The highest BCUT2D eigenvalue weighted by Crippen LogP contribution is 2.58. The number of phenolic OH excluding ortho intramolecular Hbond substituents is 1. The van der Waals surface area contributed by atoms with Gasteiger partial charge >= 0.3 is 0 Å². The number of allylic oxidation sites excluding steroid dienone is 2. The summed E-state index contributed by atoms with van der Waals surface area (Å²) in [6.07, 6.45) is 0. The number of aromatic hydroxyl groups is 1. The number of hydrogen-bond donors (Lipinski definition) is 1. The van der Waals surface area contributed by atoms with Crippen LogP contribution in [0, 0.1) is 22.7 Å². The molecular weight excluding hydrogens is 396 g/mol. The first-order valence-corrected chi connectivity index (χ1v) is 10.7. The predicted octanol–water partition coefficient (Wildman–Crippen LogP) is 4.83. The van der Waals surface area contributed by atoms with E-state index >= 15 is 0 Å². The molecule has 6 heteroatoms. The summed E-state index contributed by atoms with van der Waals surface area (Å²) in [7, 11) is 1.47. The van der Waals surface area contributed by atoms with Gasteiger partial charge in [-0.15, -0.1) is 0 Å². The summed E-state index contributed by atoms with van der Waals surface area (Å²) in [5.74, 6) is -1.15. The van der Waals surface area contributed by atoms with Gasteiger partial charge < -0.3 is 14.6 Å². The number of phenols is 1. The maximum absolute atomic E-state index is 13.6. The summed E-state index contributed by atoms with van der Waals surface area (Å²) < 4.78 is 11.8. The van der Waals surface area contributed by atoms with Crippen LogP contribution in [0.1, 0.15) is 77.2 Å². The smallest absolute Gasteiger partial charge is 0.175 e. The van der Waals surface area contributed by atoms with Crippen molar-refractivity contribution in [3.63, 3.8) is 0 Å². The zero-order valence-electron chi connectivity index (χ0n) is 19.8. The number of fused-ring (bicyclic) bond motifs is 1. The van der Waals surface area contributed by atoms with Crippen molar-refractivity contribution < 1.29 is 29.0 Å². The summed E-state index contributed by atoms with van der Waals surface area (Å²) in [6.45, 7) is 14.2. The summed E-state index contributed by atoms with van der Waals surface area (Å²) in [5.41, 5.74) is -1.20. The molecule has 1 aromatic carbocycles. The maximum atomic E-state index is 13.6. The fourth-order valence-electron chi connectivity index (χ4n) is 4.88. The third kappa shape index (κ3) is 3.10. The molecule has 0 unspecified atom stereocenters. The molecule has 0 aromatic heterocycles. The Morgan fingerprint density at radius 2 is 1.68 bits per heavy atom. The van der Waals surface area contributed by atoms with Gasteiger partial charge in [-0.2, -0.15) is 0 Å². The average Bonchev–Trinajstić information content (AvgIpc) is 2.68. The Morgan fingerprint density at radius 1 is 1.10 bits per heavy atom. The molecule has 0 saturated heterocycles. The van der Waals surface area contributed by atoms with Gasteiger partial charge in [0.1, 0.15) is 28.6 Å². The minimum absolute atomic E-state index is 0.0585. The molecule has 1 N–H and O–H groups in total. The standard InChI is InChI=1S/C25H32O6/c1-11(2)15-17-14(30-9)10-13(26)16(19(27)12(3)4)20(17)31-22-18(15)21(28)24(5,6)23(29)25(22,7)8/h10-12,15,26H,1-9H3/t15-/m0/s1. The first-order chi connectivity index (χ1) is 14.2. The van der Waals surface area contributed by atoms with Crippen molar-refractivity contribution in [2.24, 2.45) is 22.7 Å². The first kappa shape index (κ1) is 23.0. The number of ether oxygens (including phenoxy) is 2. The first-order valence-electron chi connectivity index (χ1n) is 10.7. The minimum Gasteiger partial charge on any atom is -0.507 e. The van der Waals surface area contributed by atoms with E-state index in [2.05, 4.69) is 0 Å². The van der Waals surface area contributed by atoms with Gasteiger partial charge in [0.25, 0.3) is 0 Å². The Balaban J connectivity index is 2.46. The highest BCUT2D eigenvalue weighted by atomic mass is 16.5. The molecular formula is C25H32O6. The van der Waals surface area contributed by atoms with Crippen molar-refractivity contribution in [2.45, 2.75) is 61.3 Å². The van der Waals surface area contributed by atoms with E-state index in [4.69, 9.17) is 9.47 Å². The van der Waals surface area contributed by atoms with E-state index in [0.29, 0.717) is 16.9 Å². The van der Waals surface area contributed by atoms with Crippen LogP contribution < -0.4 is 9.47 Å². The van der Waals surface area contributed by atoms with Crippen molar-refractivity contribution in [1.82, 2.24) is 0 Å². The Morgan fingerprint density at radius 3 is 2.16 bits per heavy atom. The van der Waals surface area contributed by atoms with Crippen molar-refractivity contribution in [1.29, 1.82) is 0 Å². The van der Waals surface area contributed by atoms with Gasteiger partial charge in [0.05, 0.1) is 17.9 Å². The van der Waals surface area contributed by atoms with Gasteiger partial charge in [-0.05, 0) is 33.6 Å². The SMILES string of the molecule is COc1cc(O)c(C(=O)C(C)C)c2c1[C@H](C(C)C)C1=C(O2)C(C)(C)C(=O)C(C)(C)C1=O. The Labute approximate surface area is 183 Å². The van der Waals surface area contributed by atoms with Crippen LogP contribution in [-0.4, -0.2) is 29.6 Å². The van der Waals surface area contributed by atoms with Gasteiger partial charge in [0.15, 0.2) is 17.3 Å². The zero-order valence-corrected chi connectivity index (χ0v) is 19.8. The van der Waals surface area contributed by atoms with E-state index in [9.17, 15) is 19.5 Å². The van der Waals surface area contributed by atoms with Crippen LogP contribution in [0.2, 0.25) is 0 Å². The molecule has 1 heterocycles. The average molecular weight is 429 g/mol. The summed E-state index contributed by atoms with van der Waals surface area (Å²) in [6, 6.07) is 1.41.